The van der Waals surface area contributed by atoms with Crippen LogP contribution >= 0.6 is 0 Å². The molecule has 3 rings (SSSR count). The summed E-state index contributed by atoms with van der Waals surface area (Å²) in [6, 6.07) is 6.84. The molecule has 142 valence electrons. The maximum absolute atomic E-state index is 12.7. The van der Waals surface area contributed by atoms with E-state index in [-0.39, 0.29) is 11.9 Å². The third kappa shape index (κ3) is 4.34. The fraction of sp³-hybridized carbons (Fsp3) is 0.412. The number of nitrogens with zero attached hydrogens (tertiary/aromatic N) is 7. The molecule has 27 heavy (non-hydrogen) atoms. The molecule has 10 heteroatoms. The minimum absolute atomic E-state index is 0.207. The van der Waals surface area contributed by atoms with E-state index in [0.717, 1.165) is 18.7 Å². The monoisotopic (exact) mass is 370 g/mol. The Balaban J connectivity index is 1.71. The lowest BCUT2D eigenvalue weighted by molar-refractivity contribution is 0.0937. The van der Waals surface area contributed by atoms with Crippen molar-refractivity contribution in [1.29, 1.82) is 0 Å². The van der Waals surface area contributed by atoms with Crippen molar-refractivity contribution in [2.24, 2.45) is 0 Å². The Hall–Kier alpha value is -3.14. The summed E-state index contributed by atoms with van der Waals surface area (Å²) < 4.78 is 8.57. The second kappa shape index (κ2) is 8.49. The molecule has 0 saturated heterocycles. The molecule has 0 aliphatic rings. The van der Waals surface area contributed by atoms with E-state index in [0.29, 0.717) is 23.8 Å². The lowest BCUT2D eigenvalue weighted by Gasteiger charge is -2.15. The zero-order chi connectivity index (χ0) is 19.2. The van der Waals surface area contributed by atoms with Crippen LogP contribution in [0.2, 0.25) is 0 Å². The first-order valence-electron chi connectivity index (χ1n) is 8.63. The van der Waals surface area contributed by atoms with Gasteiger partial charge in [0, 0.05) is 25.8 Å². The number of carbonyl (C=O) groups excluding carboxylic acids is 1. The SMILES string of the molecule is COCCCn1cnnc1[C@H](C)NC(=O)c1cccc(-n2nnnc2C)c1. The normalized spacial score (nSPS) is 12.1. The van der Waals surface area contributed by atoms with E-state index in [2.05, 4.69) is 31.0 Å². The molecule has 0 bridgehead atoms. The van der Waals surface area contributed by atoms with Gasteiger partial charge < -0.3 is 14.6 Å². The Kier molecular flexibility index (Phi) is 5.87. The number of methoxy groups -OCH3 is 1. The summed E-state index contributed by atoms with van der Waals surface area (Å²) in [6.07, 6.45) is 2.50. The van der Waals surface area contributed by atoms with Crippen molar-refractivity contribution in [1.82, 2.24) is 40.3 Å². The van der Waals surface area contributed by atoms with E-state index in [9.17, 15) is 4.79 Å². The molecule has 10 nitrogen and oxygen atoms in total. The van der Waals surface area contributed by atoms with Crippen molar-refractivity contribution in [3.63, 3.8) is 0 Å². The number of hydrogen-bond donors (Lipinski definition) is 1. The van der Waals surface area contributed by atoms with Crippen LogP contribution in [0.1, 0.15) is 41.4 Å². The van der Waals surface area contributed by atoms with E-state index in [4.69, 9.17) is 4.74 Å². The quantitative estimate of drug-likeness (QED) is 0.591. The first-order chi connectivity index (χ1) is 13.1. The number of hydrogen-bond acceptors (Lipinski definition) is 7. The lowest BCUT2D eigenvalue weighted by Crippen LogP contribution is -2.29. The molecule has 3 aromatic rings. The Bertz CT molecular complexity index is 904. The highest BCUT2D eigenvalue weighted by molar-refractivity contribution is 5.94. The van der Waals surface area contributed by atoms with Crippen LogP contribution in [-0.2, 0) is 11.3 Å². The number of aryl methyl sites for hydroxylation is 2. The summed E-state index contributed by atoms with van der Waals surface area (Å²) >= 11 is 0. The van der Waals surface area contributed by atoms with Crippen molar-refractivity contribution in [2.45, 2.75) is 32.9 Å². The Morgan fingerprint density at radius 2 is 2.19 bits per heavy atom. The highest BCUT2D eigenvalue weighted by atomic mass is 16.5. The number of tetrazole rings is 1. The van der Waals surface area contributed by atoms with Crippen LogP contribution in [-0.4, -0.2) is 54.6 Å². The Labute approximate surface area is 156 Å². The van der Waals surface area contributed by atoms with Crippen LogP contribution in [0.3, 0.4) is 0 Å². The number of nitrogens with one attached hydrogen (secondary N) is 1. The topological polar surface area (TPSA) is 113 Å². The smallest absolute Gasteiger partial charge is 0.251 e. The van der Waals surface area contributed by atoms with Crippen LogP contribution in [0, 0.1) is 6.92 Å². The van der Waals surface area contributed by atoms with Crippen molar-refractivity contribution < 1.29 is 9.53 Å². The maximum Gasteiger partial charge on any atom is 0.251 e. The zero-order valence-electron chi connectivity index (χ0n) is 15.5. The molecule has 2 heterocycles. The molecule has 1 atom stereocenters. The molecule has 1 aromatic carbocycles. The Morgan fingerprint density at radius 1 is 1.33 bits per heavy atom. The van der Waals surface area contributed by atoms with Crippen LogP contribution < -0.4 is 5.32 Å². The summed E-state index contributed by atoms with van der Waals surface area (Å²) in [4.78, 5) is 12.7. The van der Waals surface area contributed by atoms with Crippen LogP contribution in [0.15, 0.2) is 30.6 Å². The summed E-state index contributed by atoms with van der Waals surface area (Å²) in [5.74, 6) is 1.14. The third-order valence-corrected chi connectivity index (χ3v) is 4.11. The van der Waals surface area contributed by atoms with E-state index in [1.165, 1.54) is 0 Å². The molecule has 1 amide bonds. The van der Waals surface area contributed by atoms with Gasteiger partial charge in [0.05, 0.1) is 11.7 Å². The minimum atomic E-state index is -0.291. The summed E-state index contributed by atoms with van der Waals surface area (Å²) in [7, 11) is 1.67. The van der Waals surface area contributed by atoms with E-state index in [1.54, 1.807) is 43.2 Å². The molecular formula is C17H22N8O2. The first-order valence-corrected chi connectivity index (χ1v) is 8.63. The van der Waals surface area contributed by atoms with Gasteiger partial charge in [0.25, 0.3) is 5.91 Å². The highest BCUT2D eigenvalue weighted by Gasteiger charge is 2.17. The molecule has 0 radical (unpaired) electrons. The highest BCUT2D eigenvalue weighted by Crippen LogP contribution is 2.14. The van der Waals surface area contributed by atoms with Crippen molar-refractivity contribution in [2.75, 3.05) is 13.7 Å². The van der Waals surface area contributed by atoms with Gasteiger partial charge in [-0.3, -0.25) is 4.79 Å². The molecule has 0 saturated carbocycles. The van der Waals surface area contributed by atoms with E-state index >= 15 is 0 Å². The van der Waals surface area contributed by atoms with Crippen LogP contribution in [0.25, 0.3) is 5.69 Å². The van der Waals surface area contributed by atoms with Gasteiger partial charge in [-0.1, -0.05) is 6.07 Å². The van der Waals surface area contributed by atoms with Crippen LogP contribution in [0.5, 0.6) is 0 Å². The van der Waals surface area contributed by atoms with Crippen molar-refractivity contribution in [3.05, 3.63) is 47.8 Å². The first kappa shape index (κ1) is 18.6. The lowest BCUT2D eigenvalue weighted by atomic mass is 10.1. The van der Waals surface area contributed by atoms with Crippen molar-refractivity contribution >= 4 is 5.91 Å². The second-order valence-electron chi connectivity index (χ2n) is 6.11. The molecule has 0 unspecified atom stereocenters. The Morgan fingerprint density at radius 3 is 2.93 bits per heavy atom. The fourth-order valence-electron chi connectivity index (χ4n) is 2.74. The molecule has 0 aliphatic carbocycles. The molecule has 0 fully saturated rings. The van der Waals surface area contributed by atoms with Gasteiger partial charge in [-0.15, -0.1) is 15.3 Å². The van der Waals surface area contributed by atoms with Gasteiger partial charge in [-0.2, -0.15) is 4.68 Å². The van der Waals surface area contributed by atoms with E-state index in [1.807, 2.05) is 17.6 Å². The number of carbonyl (C=O) groups is 1. The standard InChI is InChI=1S/C17H22N8O2/c1-12(16-21-18-11-24(16)8-5-9-27-3)19-17(26)14-6-4-7-15(10-14)25-13(2)20-22-23-25/h4,6-7,10-12H,5,8-9H2,1-3H3,(H,19,26)/t12-/m0/s1. The summed E-state index contributed by atoms with van der Waals surface area (Å²) in [5.41, 5.74) is 1.24. The molecule has 2 aromatic heterocycles. The average molecular weight is 370 g/mol. The van der Waals surface area contributed by atoms with E-state index < -0.39 is 0 Å². The predicted molar refractivity (Wildman–Crippen MR) is 96.3 cm³/mol. The number of benzene rings is 1. The third-order valence-electron chi connectivity index (χ3n) is 4.11. The minimum Gasteiger partial charge on any atom is -0.385 e. The van der Waals surface area contributed by atoms with Gasteiger partial charge in [0.1, 0.15) is 6.33 Å². The van der Waals surface area contributed by atoms with Gasteiger partial charge in [0.15, 0.2) is 11.6 Å². The van der Waals surface area contributed by atoms with Gasteiger partial charge in [-0.05, 0) is 48.9 Å². The number of ether oxygens (including phenoxy) is 1. The summed E-state index contributed by atoms with van der Waals surface area (Å²) in [5, 5.41) is 22.5. The second-order valence-corrected chi connectivity index (χ2v) is 6.11. The molecular weight excluding hydrogens is 348 g/mol. The van der Waals surface area contributed by atoms with Gasteiger partial charge in [0.2, 0.25) is 0 Å². The predicted octanol–water partition coefficient (Wildman–Crippen LogP) is 1.09. The van der Waals surface area contributed by atoms with Gasteiger partial charge >= 0.3 is 0 Å². The van der Waals surface area contributed by atoms with Crippen LogP contribution in [0.4, 0.5) is 0 Å². The summed E-state index contributed by atoms with van der Waals surface area (Å²) in [6.45, 7) is 5.06. The number of amides is 1. The zero-order valence-corrected chi connectivity index (χ0v) is 15.5. The number of aromatic nitrogens is 7. The largest absolute Gasteiger partial charge is 0.385 e. The fourth-order valence-corrected chi connectivity index (χ4v) is 2.74. The van der Waals surface area contributed by atoms with Crippen molar-refractivity contribution in [3.8, 4) is 5.69 Å². The molecule has 1 N–H and O–H groups in total. The maximum atomic E-state index is 12.7. The average Bonchev–Trinajstić information content (AvgIpc) is 3.31. The van der Waals surface area contributed by atoms with Gasteiger partial charge in [-0.25, -0.2) is 0 Å². The number of rotatable bonds is 8. The molecule has 0 spiro atoms. The molecule has 0 aliphatic heterocycles.